The molecule has 224 valence electrons. The van der Waals surface area contributed by atoms with E-state index in [9.17, 15) is 19.2 Å². The molecule has 12 heteroatoms. The Morgan fingerprint density at radius 1 is 0.667 bits per heavy atom. The minimum Gasteiger partial charge on any atom is -0.464 e. The summed E-state index contributed by atoms with van der Waals surface area (Å²) in [5.41, 5.74) is -1.05. The van der Waals surface area contributed by atoms with Crippen molar-refractivity contribution < 1.29 is 47.6 Å². The van der Waals surface area contributed by atoms with Gasteiger partial charge in [0.2, 0.25) is 0 Å². The van der Waals surface area contributed by atoms with Gasteiger partial charge in [0, 0.05) is 48.4 Å². The van der Waals surface area contributed by atoms with Gasteiger partial charge in [0.25, 0.3) is 0 Å². The fourth-order valence-corrected chi connectivity index (χ4v) is 4.49. The quantitative estimate of drug-likeness (QED) is 0.0793. The van der Waals surface area contributed by atoms with Gasteiger partial charge in [0.15, 0.2) is 0 Å². The summed E-state index contributed by atoms with van der Waals surface area (Å²) in [4.78, 5) is 49.8. The average Bonchev–Trinajstić information content (AvgIpc) is 2.91. The number of rotatable bonds is 22. The lowest BCUT2D eigenvalue weighted by molar-refractivity contribution is -0.170. The molecule has 0 aliphatic heterocycles. The number of hydrogen-bond donors (Lipinski definition) is 0. The Kier molecular flexibility index (Phi) is 19.7. The van der Waals surface area contributed by atoms with Gasteiger partial charge in [-0.1, -0.05) is 27.0 Å². The van der Waals surface area contributed by atoms with Gasteiger partial charge in [-0.3, -0.25) is 9.59 Å². The van der Waals surface area contributed by atoms with Crippen LogP contribution in [0.3, 0.4) is 0 Å². The molecule has 0 heterocycles. The number of ether oxygens (including phenoxy) is 6. The maximum Gasteiger partial charge on any atom is 0.333 e. The second-order valence-corrected chi connectivity index (χ2v) is 11.7. The number of esters is 4. The van der Waals surface area contributed by atoms with E-state index in [0.717, 1.165) is 11.5 Å². The number of thioether (sulfide) groups is 2. The molecule has 0 saturated carbocycles. The lowest BCUT2D eigenvalue weighted by atomic mass is 9.92. The monoisotopic (exact) mass is 592 g/mol. The number of methoxy groups -OCH3 is 2. The molecule has 0 aromatic heterocycles. The third-order valence-corrected chi connectivity index (χ3v) is 7.54. The topological polar surface area (TPSA) is 124 Å². The second kappa shape index (κ2) is 20.8. The first-order valence-electron chi connectivity index (χ1n) is 12.5. The van der Waals surface area contributed by atoms with Crippen molar-refractivity contribution in [3.8, 4) is 0 Å². The van der Waals surface area contributed by atoms with Crippen molar-refractivity contribution in [3.63, 3.8) is 0 Å². The van der Waals surface area contributed by atoms with Gasteiger partial charge in [-0.15, -0.1) is 0 Å². The number of carbonyl (C=O) groups is 4. The normalized spacial score (nSPS) is 12.7. The molecular formula is C27H44O10S2. The first-order chi connectivity index (χ1) is 18.4. The van der Waals surface area contributed by atoms with Crippen molar-refractivity contribution in [1.29, 1.82) is 0 Å². The molecule has 0 saturated heterocycles. The Balaban J connectivity index is 5.65. The van der Waals surface area contributed by atoms with Crippen molar-refractivity contribution in [2.24, 2.45) is 17.3 Å². The maximum atomic E-state index is 12.7. The Morgan fingerprint density at radius 3 is 1.31 bits per heavy atom. The molecule has 0 aromatic rings. The first-order valence-corrected chi connectivity index (χ1v) is 14.8. The van der Waals surface area contributed by atoms with Gasteiger partial charge in [-0.05, 0) is 13.8 Å². The Labute approximate surface area is 240 Å². The van der Waals surface area contributed by atoms with Crippen LogP contribution in [0.2, 0.25) is 0 Å². The van der Waals surface area contributed by atoms with Crippen molar-refractivity contribution in [2.75, 3.05) is 76.9 Å². The smallest absolute Gasteiger partial charge is 0.333 e. The molecule has 0 fully saturated rings. The fraction of sp³-hybridized carbons (Fsp3) is 0.704. The van der Waals surface area contributed by atoms with Crippen LogP contribution >= 0.6 is 23.5 Å². The predicted octanol–water partition coefficient (Wildman–Crippen LogP) is 3.33. The molecule has 10 nitrogen and oxygen atoms in total. The third-order valence-electron chi connectivity index (χ3n) is 5.16. The zero-order valence-corrected chi connectivity index (χ0v) is 25.7. The van der Waals surface area contributed by atoms with Crippen molar-refractivity contribution in [3.05, 3.63) is 24.3 Å². The van der Waals surface area contributed by atoms with Crippen molar-refractivity contribution >= 4 is 47.4 Å². The van der Waals surface area contributed by atoms with Gasteiger partial charge in [-0.2, -0.15) is 23.5 Å². The second-order valence-electron chi connectivity index (χ2n) is 9.37. The Bertz CT molecular complexity index is 748. The van der Waals surface area contributed by atoms with E-state index < -0.39 is 41.1 Å². The van der Waals surface area contributed by atoms with E-state index >= 15 is 0 Å². The molecule has 2 unspecified atom stereocenters. The standard InChI is InChI=1S/C27H44O10S2/c1-19(2)23(28)34-15-27(16-35-24(29)20(3)4,17-36-25(30)21(5)13-38-11-9-32-7)18-37-26(31)22(6)14-39-12-10-33-8/h21-22H,1,3,9-18H2,2,4-8H3. The highest BCUT2D eigenvalue weighted by molar-refractivity contribution is 7.99. The SMILES string of the molecule is C=C(C)C(=O)OCC(COC(=O)C(=C)C)(COC(=O)C(C)CSCCOC)COC(=O)C(C)CSCCOC. The Morgan fingerprint density at radius 2 is 1.00 bits per heavy atom. The van der Waals surface area contributed by atoms with Crippen LogP contribution in [0, 0.1) is 17.3 Å². The van der Waals surface area contributed by atoms with Crippen LogP contribution in [0.1, 0.15) is 27.7 Å². The predicted molar refractivity (Wildman–Crippen MR) is 153 cm³/mol. The summed E-state index contributed by atoms with van der Waals surface area (Å²) < 4.78 is 31.9. The summed E-state index contributed by atoms with van der Waals surface area (Å²) in [7, 11) is 3.21. The molecule has 0 aliphatic carbocycles. The summed E-state index contributed by atoms with van der Waals surface area (Å²) in [6, 6.07) is 0. The van der Waals surface area contributed by atoms with E-state index in [1.165, 1.54) is 13.8 Å². The summed E-state index contributed by atoms with van der Waals surface area (Å²) in [6.07, 6.45) is 0. The molecule has 0 aliphatic rings. The minimum absolute atomic E-state index is 0.153. The van der Waals surface area contributed by atoms with Crippen LogP contribution in [0.15, 0.2) is 24.3 Å². The Hall–Kier alpha value is -2.02. The van der Waals surface area contributed by atoms with E-state index in [0.29, 0.717) is 24.7 Å². The zero-order chi connectivity index (χ0) is 29.8. The van der Waals surface area contributed by atoms with Crippen LogP contribution < -0.4 is 0 Å². The minimum atomic E-state index is -1.35. The molecule has 0 radical (unpaired) electrons. The van der Waals surface area contributed by atoms with E-state index in [1.807, 2.05) is 0 Å². The zero-order valence-electron chi connectivity index (χ0n) is 24.0. The molecular weight excluding hydrogens is 548 g/mol. The summed E-state index contributed by atoms with van der Waals surface area (Å²) in [5, 5.41) is 0. The molecule has 0 spiro atoms. The largest absolute Gasteiger partial charge is 0.464 e. The molecule has 2 atom stereocenters. The van der Waals surface area contributed by atoms with Crippen LogP contribution in [-0.2, 0) is 47.6 Å². The first kappa shape index (κ1) is 37.0. The fourth-order valence-electron chi connectivity index (χ4n) is 2.61. The van der Waals surface area contributed by atoms with Gasteiger partial charge in [-0.25, -0.2) is 9.59 Å². The average molecular weight is 593 g/mol. The van der Waals surface area contributed by atoms with E-state index in [1.54, 1.807) is 51.6 Å². The maximum absolute atomic E-state index is 12.7. The lowest BCUT2D eigenvalue weighted by Gasteiger charge is -2.32. The molecule has 0 amide bonds. The van der Waals surface area contributed by atoms with E-state index in [-0.39, 0.29) is 37.6 Å². The number of hydrogen-bond acceptors (Lipinski definition) is 12. The molecule has 0 rings (SSSR count). The highest BCUT2D eigenvalue weighted by atomic mass is 32.2. The van der Waals surface area contributed by atoms with Gasteiger partial charge in [0.05, 0.1) is 25.0 Å². The molecule has 39 heavy (non-hydrogen) atoms. The van der Waals surface area contributed by atoms with Crippen molar-refractivity contribution in [1.82, 2.24) is 0 Å². The van der Waals surface area contributed by atoms with E-state index in [2.05, 4.69) is 13.2 Å². The van der Waals surface area contributed by atoms with Crippen molar-refractivity contribution in [2.45, 2.75) is 27.7 Å². The highest BCUT2D eigenvalue weighted by Gasteiger charge is 2.39. The third kappa shape index (κ3) is 16.6. The highest BCUT2D eigenvalue weighted by Crippen LogP contribution is 2.24. The number of carbonyl (C=O) groups excluding carboxylic acids is 4. The van der Waals surface area contributed by atoms with Gasteiger partial charge in [0.1, 0.15) is 31.8 Å². The van der Waals surface area contributed by atoms with Crippen LogP contribution in [0.5, 0.6) is 0 Å². The van der Waals surface area contributed by atoms with Crippen LogP contribution in [0.4, 0.5) is 0 Å². The van der Waals surface area contributed by atoms with Gasteiger partial charge >= 0.3 is 23.9 Å². The lowest BCUT2D eigenvalue weighted by Crippen LogP contribution is -2.44. The summed E-state index contributed by atoms with van der Waals surface area (Å²) >= 11 is 3.09. The summed E-state index contributed by atoms with van der Waals surface area (Å²) in [6.45, 7) is 13.3. The summed E-state index contributed by atoms with van der Waals surface area (Å²) in [5.74, 6) is -0.752. The van der Waals surface area contributed by atoms with Gasteiger partial charge < -0.3 is 28.4 Å². The molecule has 0 N–H and O–H groups in total. The molecule has 0 bridgehead atoms. The van der Waals surface area contributed by atoms with E-state index in [4.69, 9.17) is 28.4 Å². The molecule has 0 aromatic carbocycles. The van der Waals surface area contributed by atoms with Crippen LogP contribution in [-0.4, -0.2) is 101 Å². The van der Waals surface area contributed by atoms with Crippen LogP contribution in [0.25, 0.3) is 0 Å².